The molecule has 138 valence electrons. The van der Waals surface area contributed by atoms with Gasteiger partial charge in [0, 0.05) is 45.0 Å². The lowest BCUT2D eigenvalue weighted by Crippen LogP contribution is -2.52. The van der Waals surface area contributed by atoms with E-state index in [0.29, 0.717) is 32.6 Å². The van der Waals surface area contributed by atoms with Gasteiger partial charge in [-0.15, -0.1) is 0 Å². The molecule has 3 fully saturated rings. The van der Waals surface area contributed by atoms with Gasteiger partial charge in [0.2, 0.25) is 5.91 Å². The second-order valence-electron chi connectivity index (χ2n) is 7.09. The zero-order valence-corrected chi connectivity index (χ0v) is 14.5. The van der Waals surface area contributed by atoms with Gasteiger partial charge in [-0.05, 0) is 25.2 Å². The first-order valence-corrected chi connectivity index (χ1v) is 9.01. The maximum Gasteiger partial charge on any atom is 0.322 e. The lowest BCUT2D eigenvalue weighted by molar-refractivity contribution is -0.132. The zero-order chi connectivity index (χ0) is 18.1. The van der Waals surface area contributed by atoms with Crippen molar-refractivity contribution in [2.75, 3.05) is 31.1 Å². The molecular weight excluding hydrogens is 336 g/mol. The first-order chi connectivity index (χ1) is 12.6. The van der Waals surface area contributed by atoms with Gasteiger partial charge in [-0.1, -0.05) is 0 Å². The first-order valence-electron chi connectivity index (χ1n) is 9.01. The average molecular weight is 358 g/mol. The molecule has 1 aliphatic carbocycles. The van der Waals surface area contributed by atoms with E-state index >= 15 is 0 Å². The van der Waals surface area contributed by atoms with Gasteiger partial charge in [0.05, 0.1) is 6.20 Å². The Labute approximate surface area is 151 Å². The molecule has 9 nitrogen and oxygen atoms in total. The number of piperazine rings is 1. The molecule has 0 bridgehead atoms. The van der Waals surface area contributed by atoms with Crippen LogP contribution in [0.25, 0.3) is 0 Å². The summed E-state index contributed by atoms with van der Waals surface area (Å²) in [6.07, 6.45) is 7.46. The second-order valence-corrected chi connectivity index (χ2v) is 7.09. The van der Waals surface area contributed by atoms with Crippen LogP contribution in [0.5, 0.6) is 0 Å². The molecule has 1 atom stereocenters. The van der Waals surface area contributed by atoms with E-state index in [-0.39, 0.29) is 24.2 Å². The molecule has 0 aromatic carbocycles. The monoisotopic (exact) mass is 358 g/mol. The Balaban J connectivity index is 1.32. The Hall–Kier alpha value is -2.71. The highest BCUT2D eigenvalue weighted by Gasteiger charge is 2.55. The third kappa shape index (κ3) is 3.09. The van der Waals surface area contributed by atoms with Crippen LogP contribution in [0.4, 0.5) is 10.6 Å². The quantitative estimate of drug-likeness (QED) is 0.712. The zero-order valence-electron chi connectivity index (χ0n) is 14.5. The van der Waals surface area contributed by atoms with E-state index in [2.05, 4.69) is 25.5 Å². The van der Waals surface area contributed by atoms with E-state index < -0.39 is 11.6 Å². The van der Waals surface area contributed by atoms with E-state index in [4.69, 9.17) is 0 Å². The number of amides is 4. The SMILES string of the molecule is O=C1NC(=O)C(CCC(=O)N2CCN(c3cnccn3)CC2)(C2CC2)N1. The topological polar surface area (TPSA) is 108 Å². The fraction of sp³-hybridized carbons (Fsp3) is 0.588. The molecule has 4 rings (SSSR count). The van der Waals surface area contributed by atoms with Crippen LogP contribution < -0.4 is 15.5 Å². The van der Waals surface area contributed by atoms with E-state index in [9.17, 15) is 14.4 Å². The summed E-state index contributed by atoms with van der Waals surface area (Å²) in [5.74, 6) is 0.705. The number of hydrogen-bond acceptors (Lipinski definition) is 6. The minimum atomic E-state index is -0.895. The van der Waals surface area contributed by atoms with E-state index in [1.807, 2.05) is 4.90 Å². The van der Waals surface area contributed by atoms with Crippen molar-refractivity contribution in [1.29, 1.82) is 0 Å². The highest BCUT2D eigenvalue weighted by atomic mass is 16.2. The number of hydrogen-bond donors (Lipinski definition) is 2. The highest BCUT2D eigenvalue weighted by Crippen LogP contribution is 2.43. The molecule has 1 unspecified atom stereocenters. The summed E-state index contributed by atoms with van der Waals surface area (Å²) in [6.45, 7) is 2.64. The predicted molar refractivity (Wildman–Crippen MR) is 92.2 cm³/mol. The molecule has 1 aromatic heterocycles. The van der Waals surface area contributed by atoms with Crippen LogP contribution in [-0.2, 0) is 9.59 Å². The van der Waals surface area contributed by atoms with Crippen molar-refractivity contribution in [2.24, 2.45) is 5.92 Å². The van der Waals surface area contributed by atoms with Crippen molar-refractivity contribution in [2.45, 2.75) is 31.2 Å². The fourth-order valence-corrected chi connectivity index (χ4v) is 3.85. The minimum Gasteiger partial charge on any atom is -0.352 e. The molecule has 4 amide bonds. The van der Waals surface area contributed by atoms with Crippen molar-refractivity contribution in [3.05, 3.63) is 18.6 Å². The summed E-state index contributed by atoms with van der Waals surface area (Å²) < 4.78 is 0. The number of carbonyl (C=O) groups is 3. The summed E-state index contributed by atoms with van der Waals surface area (Å²) in [5, 5.41) is 5.10. The van der Waals surface area contributed by atoms with Crippen LogP contribution >= 0.6 is 0 Å². The van der Waals surface area contributed by atoms with Crippen molar-refractivity contribution in [1.82, 2.24) is 25.5 Å². The lowest BCUT2D eigenvalue weighted by Gasteiger charge is -2.36. The molecule has 2 N–H and O–H groups in total. The molecule has 1 saturated carbocycles. The molecule has 0 spiro atoms. The highest BCUT2D eigenvalue weighted by molar-refractivity contribution is 6.07. The van der Waals surface area contributed by atoms with Crippen LogP contribution in [0.3, 0.4) is 0 Å². The number of aromatic nitrogens is 2. The minimum absolute atomic E-state index is 0.0257. The fourth-order valence-electron chi connectivity index (χ4n) is 3.85. The van der Waals surface area contributed by atoms with Gasteiger partial charge in [0.15, 0.2) is 0 Å². The summed E-state index contributed by atoms with van der Waals surface area (Å²) in [4.78, 5) is 48.7. The van der Waals surface area contributed by atoms with Crippen molar-refractivity contribution >= 4 is 23.7 Å². The molecule has 26 heavy (non-hydrogen) atoms. The smallest absolute Gasteiger partial charge is 0.322 e. The largest absolute Gasteiger partial charge is 0.352 e. The van der Waals surface area contributed by atoms with Gasteiger partial charge in [-0.3, -0.25) is 19.9 Å². The van der Waals surface area contributed by atoms with Crippen LogP contribution in [0, 0.1) is 5.92 Å². The molecular formula is C17H22N6O3. The summed E-state index contributed by atoms with van der Waals surface area (Å²) in [6, 6.07) is -0.452. The van der Waals surface area contributed by atoms with E-state index in [1.54, 1.807) is 18.6 Å². The number of anilines is 1. The molecule has 9 heteroatoms. The Morgan fingerprint density at radius 2 is 1.96 bits per heavy atom. The van der Waals surface area contributed by atoms with E-state index in [1.165, 1.54) is 0 Å². The lowest BCUT2D eigenvalue weighted by atomic mass is 9.87. The van der Waals surface area contributed by atoms with Gasteiger partial charge in [-0.25, -0.2) is 9.78 Å². The second kappa shape index (κ2) is 6.54. The Morgan fingerprint density at radius 3 is 2.54 bits per heavy atom. The standard InChI is InChI=1S/C17H22N6O3/c24-14(3-4-17(12-1-2-12)15(25)20-16(26)21-17)23-9-7-22(8-10-23)13-11-18-5-6-19-13/h5-6,11-12H,1-4,7-10H2,(H2,20,21,25,26). The number of nitrogens with one attached hydrogen (secondary N) is 2. The van der Waals surface area contributed by atoms with Crippen molar-refractivity contribution in [3.63, 3.8) is 0 Å². The number of nitrogens with zero attached hydrogens (tertiary/aromatic N) is 4. The van der Waals surface area contributed by atoms with Gasteiger partial charge in [0.1, 0.15) is 11.4 Å². The van der Waals surface area contributed by atoms with Gasteiger partial charge in [-0.2, -0.15) is 0 Å². The number of carbonyl (C=O) groups excluding carboxylic acids is 3. The van der Waals surface area contributed by atoms with Crippen LogP contribution in [0.1, 0.15) is 25.7 Å². The molecule has 0 radical (unpaired) electrons. The maximum absolute atomic E-state index is 12.6. The Kier molecular flexibility index (Phi) is 4.21. The summed E-state index contributed by atoms with van der Waals surface area (Å²) in [7, 11) is 0. The number of imide groups is 1. The number of rotatable bonds is 5. The van der Waals surface area contributed by atoms with Crippen LogP contribution in [-0.4, -0.2) is 64.4 Å². The average Bonchev–Trinajstić information content (AvgIpc) is 3.47. The maximum atomic E-state index is 12.6. The van der Waals surface area contributed by atoms with Crippen molar-refractivity contribution < 1.29 is 14.4 Å². The predicted octanol–water partition coefficient (Wildman–Crippen LogP) is -0.106. The molecule has 3 aliphatic rings. The first kappa shape index (κ1) is 16.7. The van der Waals surface area contributed by atoms with Crippen molar-refractivity contribution in [3.8, 4) is 0 Å². The van der Waals surface area contributed by atoms with Gasteiger partial charge in [0.25, 0.3) is 5.91 Å². The third-order valence-electron chi connectivity index (χ3n) is 5.48. The number of urea groups is 1. The molecule has 2 aliphatic heterocycles. The Bertz CT molecular complexity index is 714. The van der Waals surface area contributed by atoms with Crippen LogP contribution in [0.2, 0.25) is 0 Å². The third-order valence-corrected chi connectivity index (χ3v) is 5.48. The van der Waals surface area contributed by atoms with E-state index in [0.717, 1.165) is 18.7 Å². The molecule has 3 heterocycles. The van der Waals surface area contributed by atoms with Gasteiger partial charge >= 0.3 is 6.03 Å². The summed E-state index contributed by atoms with van der Waals surface area (Å²) >= 11 is 0. The van der Waals surface area contributed by atoms with Crippen LogP contribution in [0.15, 0.2) is 18.6 Å². The molecule has 1 aromatic rings. The van der Waals surface area contributed by atoms with Gasteiger partial charge < -0.3 is 15.1 Å². The normalized spacial score (nSPS) is 25.8. The Morgan fingerprint density at radius 1 is 1.19 bits per heavy atom. The summed E-state index contributed by atoms with van der Waals surface area (Å²) in [5.41, 5.74) is -0.895. The molecule has 2 saturated heterocycles.